The minimum atomic E-state index is 0. The first kappa shape index (κ1) is 23.8. The van der Waals surface area contributed by atoms with E-state index in [1.165, 1.54) is 0 Å². The molecule has 1 fully saturated rings. The van der Waals surface area contributed by atoms with Gasteiger partial charge in [-0.15, -0.1) is 24.0 Å². The molecule has 0 aromatic heterocycles. The maximum atomic E-state index is 6.10. The van der Waals surface area contributed by atoms with Crippen LogP contribution in [0.5, 0.6) is 0 Å². The molecular formula is C18H29Cl2IN4O. The zero-order valence-electron chi connectivity index (χ0n) is 15.6. The van der Waals surface area contributed by atoms with Gasteiger partial charge in [-0.1, -0.05) is 36.2 Å². The molecule has 0 aliphatic carbocycles. The van der Waals surface area contributed by atoms with Crippen LogP contribution in [0.2, 0.25) is 10.0 Å². The molecule has 1 saturated heterocycles. The number of halogens is 3. The fourth-order valence-electron chi connectivity index (χ4n) is 2.82. The molecule has 148 valence electrons. The Bertz CT molecular complexity index is 582. The van der Waals surface area contributed by atoms with Crippen molar-refractivity contribution >= 4 is 53.1 Å². The van der Waals surface area contributed by atoms with Crippen LogP contribution >= 0.6 is 47.2 Å². The van der Waals surface area contributed by atoms with Crippen LogP contribution in [-0.2, 0) is 4.74 Å². The Morgan fingerprint density at radius 3 is 2.54 bits per heavy atom. The van der Waals surface area contributed by atoms with Gasteiger partial charge in [0.05, 0.1) is 29.3 Å². The molecule has 1 aromatic carbocycles. The predicted molar refractivity (Wildman–Crippen MR) is 121 cm³/mol. The van der Waals surface area contributed by atoms with E-state index in [1.54, 1.807) is 7.05 Å². The van der Waals surface area contributed by atoms with Gasteiger partial charge in [0.1, 0.15) is 0 Å². The first-order valence-electron chi connectivity index (χ1n) is 8.71. The molecule has 1 aliphatic rings. The van der Waals surface area contributed by atoms with Crippen molar-refractivity contribution in [2.45, 2.75) is 19.9 Å². The van der Waals surface area contributed by atoms with Crippen LogP contribution in [0.1, 0.15) is 25.5 Å². The van der Waals surface area contributed by atoms with Crippen LogP contribution in [0.3, 0.4) is 0 Å². The van der Waals surface area contributed by atoms with Gasteiger partial charge in [0, 0.05) is 33.2 Å². The summed E-state index contributed by atoms with van der Waals surface area (Å²) >= 11 is 12.1. The molecule has 2 N–H and O–H groups in total. The summed E-state index contributed by atoms with van der Waals surface area (Å²) in [7, 11) is 1.78. The summed E-state index contributed by atoms with van der Waals surface area (Å²) in [5.74, 6) is 1.31. The van der Waals surface area contributed by atoms with Gasteiger partial charge >= 0.3 is 0 Å². The predicted octanol–water partition coefficient (Wildman–Crippen LogP) is 3.81. The number of nitrogens with zero attached hydrogens (tertiary/aromatic N) is 2. The summed E-state index contributed by atoms with van der Waals surface area (Å²) in [5.41, 5.74) is 1.07. The second kappa shape index (κ2) is 12.2. The smallest absolute Gasteiger partial charge is 0.191 e. The molecule has 1 aliphatic heterocycles. The number of aliphatic imine (C=N–C) groups is 1. The van der Waals surface area contributed by atoms with Crippen LogP contribution in [0.25, 0.3) is 0 Å². The standard InChI is InChI=1S/C18H28Cl2N4O.HI/c1-13(12-24-6-8-25-9-7-24)11-22-18(21-3)23-14(2)15-4-5-16(19)17(20)10-15;/h4-5,10,13-14H,6-9,11-12H2,1-3H3,(H2,21,22,23);1H. The van der Waals surface area contributed by atoms with Crippen LogP contribution < -0.4 is 10.6 Å². The number of rotatable bonds is 6. The van der Waals surface area contributed by atoms with Crippen molar-refractivity contribution in [1.82, 2.24) is 15.5 Å². The van der Waals surface area contributed by atoms with Gasteiger partial charge in [0.25, 0.3) is 0 Å². The second-order valence-corrected chi connectivity index (χ2v) is 7.33. The largest absolute Gasteiger partial charge is 0.379 e. The number of ether oxygens (including phenoxy) is 1. The van der Waals surface area contributed by atoms with Gasteiger partial charge in [-0.2, -0.15) is 0 Å². The Kier molecular flexibility index (Phi) is 11.2. The lowest BCUT2D eigenvalue weighted by Crippen LogP contribution is -2.44. The van der Waals surface area contributed by atoms with E-state index in [0.29, 0.717) is 16.0 Å². The molecule has 0 bridgehead atoms. The van der Waals surface area contributed by atoms with Gasteiger partial charge in [-0.05, 0) is 30.5 Å². The molecule has 5 nitrogen and oxygen atoms in total. The Morgan fingerprint density at radius 1 is 1.23 bits per heavy atom. The average molecular weight is 515 g/mol. The highest BCUT2D eigenvalue weighted by Gasteiger charge is 2.15. The number of benzene rings is 1. The van der Waals surface area contributed by atoms with Gasteiger partial charge in [0.15, 0.2) is 5.96 Å². The van der Waals surface area contributed by atoms with Crippen LogP contribution in [0, 0.1) is 5.92 Å². The van der Waals surface area contributed by atoms with E-state index in [1.807, 2.05) is 18.2 Å². The fourth-order valence-corrected chi connectivity index (χ4v) is 3.13. The van der Waals surface area contributed by atoms with E-state index in [-0.39, 0.29) is 30.0 Å². The first-order chi connectivity index (χ1) is 12.0. The molecule has 2 rings (SSSR count). The van der Waals surface area contributed by atoms with Gasteiger partial charge in [-0.3, -0.25) is 9.89 Å². The lowest BCUT2D eigenvalue weighted by Gasteiger charge is -2.29. The Labute approximate surface area is 183 Å². The average Bonchev–Trinajstić information content (AvgIpc) is 2.61. The monoisotopic (exact) mass is 514 g/mol. The Morgan fingerprint density at radius 2 is 1.92 bits per heavy atom. The van der Waals surface area contributed by atoms with Crippen molar-refractivity contribution < 1.29 is 4.74 Å². The zero-order chi connectivity index (χ0) is 18.2. The lowest BCUT2D eigenvalue weighted by atomic mass is 10.1. The van der Waals surface area contributed by atoms with Crippen molar-refractivity contribution in [2.75, 3.05) is 46.4 Å². The second-order valence-electron chi connectivity index (χ2n) is 6.51. The molecule has 0 saturated carbocycles. The van der Waals surface area contributed by atoms with Crippen LogP contribution in [0.15, 0.2) is 23.2 Å². The minimum absolute atomic E-state index is 0. The normalized spacial score (nSPS) is 18.0. The highest BCUT2D eigenvalue weighted by Crippen LogP contribution is 2.25. The van der Waals surface area contributed by atoms with Crippen molar-refractivity contribution in [3.63, 3.8) is 0 Å². The number of guanidine groups is 1. The van der Waals surface area contributed by atoms with Crippen LogP contribution in [-0.4, -0.2) is 57.3 Å². The molecule has 0 amide bonds. The van der Waals surface area contributed by atoms with E-state index in [9.17, 15) is 0 Å². The number of morpholine rings is 1. The minimum Gasteiger partial charge on any atom is -0.379 e. The molecule has 0 spiro atoms. The van der Waals surface area contributed by atoms with Gasteiger partial charge in [-0.25, -0.2) is 0 Å². The Balaban J connectivity index is 0.00000338. The van der Waals surface area contributed by atoms with Crippen molar-refractivity contribution in [3.05, 3.63) is 33.8 Å². The van der Waals surface area contributed by atoms with Crippen molar-refractivity contribution in [1.29, 1.82) is 0 Å². The third kappa shape index (κ3) is 7.76. The molecule has 2 atom stereocenters. The van der Waals surface area contributed by atoms with E-state index < -0.39 is 0 Å². The fraction of sp³-hybridized carbons (Fsp3) is 0.611. The summed E-state index contributed by atoms with van der Waals surface area (Å²) in [4.78, 5) is 6.76. The highest BCUT2D eigenvalue weighted by atomic mass is 127. The quantitative estimate of drug-likeness (QED) is 0.344. The summed E-state index contributed by atoms with van der Waals surface area (Å²) in [6.07, 6.45) is 0. The molecular weight excluding hydrogens is 486 g/mol. The summed E-state index contributed by atoms with van der Waals surface area (Å²) in [6.45, 7) is 9.97. The molecule has 26 heavy (non-hydrogen) atoms. The van der Waals surface area contributed by atoms with E-state index in [4.69, 9.17) is 27.9 Å². The van der Waals surface area contributed by atoms with E-state index in [0.717, 1.165) is 50.9 Å². The molecule has 1 heterocycles. The summed E-state index contributed by atoms with van der Waals surface area (Å²) in [5, 5.41) is 7.93. The SMILES string of the molecule is CN=C(NCC(C)CN1CCOCC1)NC(C)c1ccc(Cl)c(Cl)c1.I. The topological polar surface area (TPSA) is 48.9 Å². The number of nitrogens with one attached hydrogen (secondary N) is 2. The van der Waals surface area contributed by atoms with E-state index in [2.05, 4.69) is 34.4 Å². The van der Waals surface area contributed by atoms with Gasteiger partial charge < -0.3 is 15.4 Å². The maximum Gasteiger partial charge on any atom is 0.191 e. The summed E-state index contributed by atoms with van der Waals surface area (Å²) in [6, 6.07) is 5.75. The first-order valence-corrected chi connectivity index (χ1v) is 9.47. The third-order valence-corrected chi connectivity index (χ3v) is 5.05. The lowest BCUT2D eigenvalue weighted by molar-refractivity contribution is 0.0320. The molecule has 1 aromatic rings. The zero-order valence-corrected chi connectivity index (χ0v) is 19.4. The van der Waals surface area contributed by atoms with Crippen LogP contribution in [0.4, 0.5) is 0 Å². The summed E-state index contributed by atoms with van der Waals surface area (Å²) < 4.78 is 5.39. The molecule has 0 radical (unpaired) electrons. The number of hydrogen-bond donors (Lipinski definition) is 2. The number of hydrogen-bond acceptors (Lipinski definition) is 3. The molecule has 8 heteroatoms. The van der Waals surface area contributed by atoms with Gasteiger partial charge in [0.2, 0.25) is 0 Å². The molecule has 2 unspecified atom stereocenters. The van der Waals surface area contributed by atoms with E-state index >= 15 is 0 Å². The van der Waals surface area contributed by atoms with Crippen molar-refractivity contribution in [3.8, 4) is 0 Å². The van der Waals surface area contributed by atoms with Crippen molar-refractivity contribution in [2.24, 2.45) is 10.9 Å². The third-order valence-electron chi connectivity index (χ3n) is 4.31. The Hall–Kier alpha value is -0.280. The highest BCUT2D eigenvalue weighted by molar-refractivity contribution is 14.0. The maximum absolute atomic E-state index is 6.10.